The number of carbonyl (C=O) groups excluding carboxylic acids is 1. The summed E-state index contributed by atoms with van der Waals surface area (Å²) in [4.78, 5) is 11.5. The maximum absolute atomic E-state index is 11.5. The first kappa shape index (κ1) is 14.2. The monoisotopic (exact) mass is 246 g/mol. The lowest BCUT2D eigenvalue weighted by Gasteiger charge is -2.20. The highest BCUT2D eigenvalue weighted by Gasteiger charge is 2.19. The summed E-state index contributed by atoms with van der Waals surface area (Å²) in [7, 11) is 1.39. The van der Waals surface area contributed by atoms with Gasteiger partial charge in [0.15, 0.2) is 0 Å². The second-order valence-electron chi connectivity index (χ2n) is 4.11. The Hall–Kier alpha value is -1.86. The van der Waals surface area contributed by atoms with Crippen molar-refractivity contribution in [1.82, 2.24) is 5.32 Å². The molecule has 0 aliphatic carbocycles. The molecule has 4 heteroatoms. The molecule has 1 aromatic rings. The van der Waals surface area contributed by atoms with Crippen LogP contribution in [-0.4, -0.2) is 19.1 Å². The molecule has 0 spiro atoms. The largest absolute Gasteiger partial charge is 0.468 e. The Morgan fingerprint density at radius 3 is 2.50 bits per heavy atom. The molecule has 4 nitrogen and oxygen atoms in total. The Labute approximate surface area is 108 Å². The maximum Gasteiger partial charge on any atom is 0.322 e. The molecule has 2 atom stereocenters. The Morgan fingerprint density at radius 2 is 2.06 bits per heavy atom. The maximum atomic E-state index is 11.5. The fraction of sp³-hybridized carbons (Fsp3) is 0.429. The van der Waals surface area contributed by atoms with E-state index in [1.54, 1.807) is 12.1 Å². The highest BCUT2D eigenvalue weighted by atomic mass is 16.5. The number of carbonyl (C=O) groups is 1. The number of rotatable bonds is 5. The van der Waals surface area contributed by atoms with E-state index in [1.165, 1.54) is 7.11 Å². The van der Waals surface area contributed by atoms with Crippen molar-refractivity contribution in [3.05, 3.63) is 35.4 Å². The van der Waals surface area contributed by atoms with Gasteiger partial charge in [0.1, 0.15) is 6.04 Å². The predicted octanol–water partition coefficient (Wildman–Crippen LogP) is 2.16. The van der Waals surface area contributed by atoms with Crippen LogP contribution < -0.4 is 5.32 Å². The predicted molar refractivity (Wildman–Crippen MR) is 68.8 cm³/mol. The van der Waals surface area contributed by atoms with E-state index >= 15 is 0 Å². The van der Waals surface area contributed by atoms with Gasteiger partial charge < -0.3 is 4.74 Å². The van der Waals surface area contributed by atoms with E-state index in [1.807, 2.05) is 26.0 Å². The third-order valence-corrected chi connectivity index (χ3v) is 2.88. The number of methoxy groups -OCH3 is 1. The Kier molecular flexibility index (Phi) is 5.34. The molecule has 1 rings (SSSR count). The van der Waals surface area contributed by atoms with E-state index in [0.717, 1.165) is 5.56 Å². The molecule has 96 valence electrons. The van der Waals surface area contributed by atoms with Gasteiger partial charge in [-0.2, -0.15) is 5.26 Å². The van der Waals surface area contributed by atoms with Crippen LogP contribution in [-0.2, 0) is 9.53 Å². The van der Waals surface area contributed by atoms with E-state index in [-0.39, 0.29) is 18.1 Å². The van der Waals surface area contributed by atoms with Gasteiger partial charge in [-0.05, 0) is 31.0 Å². The third-order valence-electron chi connectivity index (χ3n) is 2.88. The van der Waals surface area contributed by atoms with Crippen LogP contribution in [0, 0.1) is 11.3 Å². The van der Waals surface area contributed by atoms with Crippen molar-refractivity contribution in [2.75, 3.05) is 7.11 Å². The summed E-state index contributed by atoms with van der Waals surface area (Å²) in [5.41, 5.74) is 1.67. The quantitative estimate of drug-likeness (QED) is 0.809. The van der Waals surface area contributed by atoms with E-state index in [0.29, 0.717) is 12.0 Å². The van der Waals surface area contributed by atoms with Crippen molar-refractivity contribution in [3.63, 3.8) is 0 Å². The van der Waals surface area contributed by atoms with Gasteiger partial charge in [0.2, 0.25) is 0 Å². The van der Waals surface area contributed by atoms with E-state index < -0.39 is 0 Å². The number of esters is 1. The second-order valence-corrected chi connectivity index (χ2v) is 4.11. The fourth-order valence-corrected chi connectivity index (χ4v) is 1.74. The van der Waals surface area contributed by atoms with Crippen LogP contribution in [0.1, 0.15) is 37.4 Å². The minimum atomic E-state index is -0.305. The number of nitrogens with one attached hydrogen (secondary N) is 1. The molecule has 18 heavy (non-hydrogen) atoms. The fourth-order valence-electron chi connectivity index (χ4n) is 1.74. The van der Waals surface area contributed by atoms with Crippen LogP contribution in [0.25, 0.3) is 0 Å². The average molecular weight is 246 g/mol. The molecule has 1 aromatic carbocycles. The molecule has 0 saturated heterocycles. The van der Waals surface area contributed by atoms with Gasteiger partial charge in [0, 0.05) is 6.04 Å². The molecule has 0 aromatic heterocycles. The summed E-state index contributed by atoms with van der Waals surface area (Å²) in [6.45, 7) is 3.91. The molecule has 0 bridgehead atoms. The van der Waals surface area contributed by atoms with Gasteiger partial charge in [-0.25, -0.2) is 0 Å². The zero-order valence-corrected chi connectivity index (χ0v) is 10.9. The molecular weight excluding hydrogens is 228 g/mol. The summed E-state index contributed by atoms with van der Waals surface area (Å²) in [6, 6.07) is 9.12. The van der Waals surface area contributed by atoms with E-state index in [4.69, 9.17) is 10.00 Å². The van der Waals surface area contributed by atoms with Gasteiger partial charge in [0.25, 0.3) is 0 Å². The Balaban J connectivity index is 2.71. The summed E-state index contributed by atoms with van der Waals surface area (Å²) in [6.07, 6.45) is 0.674. The number of benzene rings is 1. The van der Waals surface area contributed by atoms with Gasteiger partial charge in [0.05, 0.1) is 18.7 Å². The normalized spacial score (nSPS) is 13.4. The van der Waals surface area contributed by atoms with Crippen LogP contribution in [0.2, 0.25) is 0 Å². The number of hydrogen-bond acceptors (Lipinski definition) is 4. The minimum absolute atomic E-state index is 0.0294. The highest BCUT2D eigenvalue weighted by molar-refractivity contribution is 5.75. The van der Waals surface area contributed by atoms with Crippen molar-refractivity contribution in [1.29, 1.82) is 5.26 Å². The smallest absolute Gasteiger partial charge is 0.322 e. The van der Waals surface area contributed by atoms with Crippen molar-refractivity contribution >= 4 is 5.97 Å². The lowest BCUT2D eigenvalue weighted by molar-refractivity contribution is -0.143. The van der Waals surface area contributed by atoms with Crippen LogP contribution in [0.4, 0.5) is 0 Å². The van der Waals surface area contributed by atoms with Gasteiger partial charge in [-0.1, -0.05) is 19.1 Å². The van der Waals surface area contributed by atoms with Gasteiger partial charge >= 0.3 is 5.97 Å². The van der Waals surface area contributed by atoms with Crippen molar-refractivity contribution in [2.24, 2.45) is 0 Å². The molecule has 0 fully saturated rings. The molecule has 0 radical (unpaired) electrons. The molecule has 0 amide bonds. The summed E-state index contributed by atoms with van der Waals surface area (Å²) in [5, 5.41) is 11.9. The SMILES string of the molecule is CCC(NC(C)c1ccc(C#N)cc1)C(=O)OC. The molecular formula is C14H18N2O2. The molecule has 0 aliphatic rings. The number of nitrogens with zero attached hydrogens (tertiary/aromatic N) is 1. The van der Waals surface area contributed by atoms with Crippen LogP contribution in [0.5, 0.6) is 0 Å². The first-order valence-corrected chi connectivity index (χ1v) is 5.96. The van der Waals surface area contributed by atoms with Crippen LogP contribution >= 0.6 is 0 Å². The summed E-state index contributed by atoms with van der Waals surface area (Å²) < 4.78 is 4.73. The van der Waals surface area contributed by atoms with E-state index in [9.17, 15) is 4.79 Å². The zero-order valence-electron chi connectivity index (χ0n) is 10.9. The van der Waals surface area contributed by atoms with Crippen molar-refractivity contribution < 1.29 is 9.53 Å². The standard InChI is InChI=1S/C14H18N2O2/c1-4-13(14(17)18-3)16-10(2)12-7-5-11(9-15)6-8-12/h5-8,10,13,16H,4H2,1-3H3. The second kappa shape index (κ2) is 6.77. The molecule has 0 aliphatic heterocycles. The van der Waals surface area contributed by atoms with Gasteiger partial charge in [-0.15, -0.1) is 0 Å². The highest BCUT2D eigenvalue weighted by Crippen LogP contribution is 2.14. The Bertz CT molecular complexity index is 434. The first-order chi connectivity index (χ1) is 8.62. The molecule has 0 heterocycles. The van der Waals surface area contributed by atoms with E-state index in [2.05, 4.69) is 11.4 Å². The topological polar surface area (TPSA) is 62.1 Å². The molecule has 0 saturated carbocycles. The molecule has 2 unspecified atom stereocenters. The van der Waals surface area contributed by atoms with Gasteiger partial charge in [-0.3, -0.25) is 10.1 Å². The molecule has 1 N–H and O–H groups in total. The lowest BCUT2D eigenvalue weighted by atomic mass is 10.0. The summed E-state index contributed by atoms with van der Waals surface area (Å²) in [5.74, 6) is -0.252. The lowest BCUT2D eigenvalue weighted by Crippen LogP contribution is -2.38. The van der Waals surface area contributed by atoms with Crippen molar-refractivity contribution in [3.8, 4) is 6.07 Å². The summed E-state index contributed by atoms with van der Waals surface area (Å²) >= 11 is 0. The minimum Gasteiger partial charge on any atom is -0.468 e. The van der Waals surface area contributed by atoms with Crippen LogP contribution in [0.15, 0.2) is 24.3 Å². The van der Waals surface area contributed by atoms with Crippen molar-refractivity contribution in [2.45, 2.75) is 32.4 Å². The third kappa shape index (κ3) is 3.57. The average Bonchev–Trinajstić information content (AvgIpc) is 2.43. The number of ether oxygens (including phenoxy) is 1. The van der Waals surface area contributed by atoms with Crippen LogP contribution in [0.3, 0.4) is 0 Å². The first-order valence-electron chi connectivity index (χ1n) is 5.96. The number of nitriles is 1. The zero-order chi connectivity index (χ0) is 13.5. The Morgan fingerprint density at radius 1 is 1.44 bits per heavy atom. The number of hydrogen-bond donors (Lipinski definition) is 1.